The molecule has 2 rings (SSSR count). The average molecular weight is 266 g/mol. The molecule has 2 N–H and O–H groups in total. The molecule has 20 heavy (non-hydrogen) atoms. The van der Waals surface area contributed by atoms with Crippen molar-refractivity contribution >= 4 is 0 Å². The van der Waals surface area contributed by atoms with Crippen LogP contribution >= 0.6 is 0 Å². The minimum Gasteiger partial charge on any atom is -0.489 e. The number of nitrogens with two attached hydrogens (primary N) is 1. The number of rotatable bonds is 4. The van der Waals surface area contributed by atoms with Crippen LogP contribution in [-0.4, -0.2) is 0 Å². The van der Waals surface area contributed by atoms with E-state index in [0.717, 1.165) is 22.4 Å². The molecule has 0 spiro atoms. The van der Waals surface area contributed by atoms with Gasteiger partial charge in [0.25, 0.3) is 0 Å². The third-order valence-electron chi connectivity index (χ3n) is 3.18. The summed E-state index contributed by atoms with van der Waals surface area (Å²) in [4.78, 5) is 0. The van der Waals surface area contributed by atoms with Gasteiger partial charge < -0.3 is 10.5 Å². The van der Waals surface area contributed by atoms with Gasteiger partial charge in [-0.1, -0.05) is 35.9 Å². The van der Waals surface area contributed by atoms with Crippen LogP contribution in [0.15, 0.2) is 42.5 Å². The molecule has 0 radical (unpaired) electrons. The van der Waals surface area contributed by atoms with Crippen LogP contribution < -0.4 is 10.5 Å². The molecular formula is C17H18N2O. The van der Waals surface area contributed by atoms with E-state index >= 15 is 0 Å². The van der Waals surface area contributed by atoms with Gasteiger partial charge in [-0.2, -0.15) is 5.26 Å². The summed E-state index contributed by atoms with van der Waals surface area (Å²) < 4.78 is 5.85. The van der Waals surface area contributed by atoms with Crippen molar-refractivity contribution < 1.29 is 4.74 Å². The topological polar surface area (TPSA) is 59.0 Å². The SMILES string of the molecule is Cc1ccc(OCc2ccccc2C#N)c([C@@H](C)N)c1. The molecular weight excluding hydrogens is 248 g/mol. The minimum absolute atomic E-state index is 0.0869. The molecule has 3 heteroatoms. The molecule has 0 aliphatic carbocycles. The predicted octanol–water partition coefficient (Wildman–Crippen LogP) is 3.47. The van der Waals surface area contributed by atoms with Crippen LogP contribution in [0.2, 0.25) is 0 Å². The fourth-order valence-corrected chi connectivity index (χ4v) is 2.07. The molecule has 0 saturated carbocycles. The van der Waals surface area contributed by atoms with Crippen LogP contribution in [0.5, 0.6) is 5.75 Å². The first kappa shape index (κ1) is 14.1. The molecule has 0 amide bonds. The van der Waals surface area contributed by atoms with Gasteiger partial charge in [0.05, 0.1) is 11.6 Å². The monoisotopic (exact) mass is 266 g/mol. The smallest absolute Gasteiger partial charge is 0.124 e. The Morgan fingerprint density at radius 3 is 2.70 bits per heavy atom. The van der Waals surface area contributed by atoms with E-state index < -0.39 is 0 Å². The standard InChI is InChI=1S/C17H18N2O/c1-12-7-8-17(16(9-12)13(2)19)20-11-15-6-4-3-5-14(15)10-18/h3-9,13H,11,19H2,1-2H3/t13-/m1/s1. The Balaban J connectivity index is 2.21. The van der Waals surface area contributed by atoms with Crippen molar-refractivity contribution in [3.63, 3.8) is 0 Å². The Bertz CT molecular complexity index is 642. The fraction of sp³-hybridized carbons (Fsp3) is 0.235. The summed E-state index contributed by atoms with van der Waals surface area (Å²) in [6.45, 7) is 4.33. The lowest BCUT2D eigenvalue weighted by Crippen LogP contribution is -2.08. The minimum atomic E-state index is -0.0869. The molecule has 0 aliphatic heterocycles. The van der Waals surface area contributed by atoms with Crippen LogP contribution in [0.1, 0.15) is 35.2 Å². The van der Waals surface area contributed by atoms with Crippen LogP contribution in [-0.2, 0) is 6.61 Å². The zero-order valence-electron chi connectivity index (χ0n) is 11.8. The highest BCUT2D eigenvalue weighted by molar-refractivity contribution is 5.40. The number of hydrogen-bond donors (Lipinski definition) is 1. The quantitative estimate of drug-likeness (QED) is 0.921. The van der Waals surface area contributed by atoms with Gasteiger partial charge in [0.1, 0.15) is 12.4 Å². The summed E-state index contributed by atoms with van der Waals surface area (Å²) in [5.74, 6) is 0.776. The molecule has 2 aromatic carbocycles. The van der Waals surface area contributed by atoms with Gasteiger partial charge >= 0.3 is 0 Å². The Kier molecular flexibility index (Phi) is 4.39. The van der Waals surface area contributed by atoms with Crippen LogP contribution in [0.4, 0.5) is 0 Å². The van der Waals surface area contributed by atoms with E-state index in [2.05, 4.69) is 6.07 Å². The molecule has 0 heterocycles. The third kappa shape index (κ3) is 3.17. The van der Waals surface area contributed by atoms with E-state index in [1.54, 1.807) is 6.07 Å². The average Bonchev–Trinajstić information content (AvgIpc) is 2.46. The third-order valence-corrected chi connectivity index (χ3v) is 3.18. The van der Waals surface area contributed by atoms with Crippen molar-refractivity contribution in [3.8, 4) is 11.8 Å². The summed E-state index contributed by atoms with van der Waals surface area (Å²) in [5, 5.41) is 9.07. The van der Waals surface area contributed by atoms with Gasteiger partial charge in [-0.05, 0) is 26.0 Å². The van der Waals surface area contributed by atoms with Gasteiger partial charge in [-0.3, -0.25) is 0 Å². The van der Waals surface area contributed by atoms with Crippen LogP contribution in [0.3, 0.4) is 0 Å². The van der Waals surface area contributed by atoms with E-state index in [9.17, 15) is 0 Å². The number of benzene rings is 2. The van der Waals surface area contributed by atoms with Gasteiger partial charge in [0, 0.05) is 17.2 Å². The number of hydrogen-bond acceptors (Lipinski definition) is 3. The second-order valence-corrected chi connectivity index (χ2v) is 4.89. The second-order valence-electron chi connectivity index (χ2n) is 4.89. The van der Waals surface area contributed by atoms with E-state index in [0.29, 0.717) is 12.2 Å². The summed E-state index contributed by atoms with van der Waals surface area (Å²) >= 11 is 0. The molecule has 102 valence electrons. The maximum atomic E-state index is 9.07. The summed E-state index contributed by atoms with van der Waals surface area (Å²) in [6, 6.07) is 15.5. The number of aryl methyl sites for hydroxylation is 1. The lowest BCUT2D eigenvalue weighted by molar-refractivity contribution is 0.301. The van der Waals surface area contributed by atoms with E-state index in [-0.39, 0.29) is 6.04 Å². The summed E-state index contributed by atoms with van der Waals surface area (Å²) in [5.41, 5.74) is 9.64. The summed E-state index contributed by atoms with van der Waals surface area (Å²) in [6.07, 6.45) is 0. The zero-order chi connectivity index (χ0) is 14.5. The fourth-order valence-electron chi connectivity index (χ4n) is 2.07. The van der Waals surface area contributed by atoms with Crippen LogP contribution in [0.25, 0.3) is 0 Å². The zero-order valence-corrected chi connectivity index (χ0v) is 11.8. The molecule has 0 fully saturated rings. The molecule has 3 nitrogen and oxygen atoms in total. The highest BCUT2D eigenvalue weighted by atomic mass is 16.5. The maximum Gasteiger partial charge on any atom is 0.124 e. The van der Waals surface area contributed by atoms with Gasteiger partial charge in [-0.15, -0.1) is 0 Å². The van der Waals surface area contributed by atoms with E-state index in [1.165, 1.54) is 0 Å². The highest BCUT2D eigenvalue weighted by Gasteiger charge is 2.09. The van der Waals surface area contributed by atoms with Crippen LogP contribution in [0, 0.1) is 18.3 Å². The Labute approximate surface area is 119 Å². The van der Waals surface area contributed by atoms with Crippen molar-refractivity contribution in [2.75, 3.05) is 0 Å². The largest absolute Gasteiger partial charge is 0.489 e. The van der Waals surface area contributed by atoms with E-state index in [1.807, 2.05) is 50.2 Å². The highest BCUT2D eigenvalue weighted by Crippen LogP contribution is 2.26. The Hall–Kier alpha value is -2.31. The number of nitrogens with zero attached hydrogens (tertiary/aromatic N) is 1. The van der Waals surface area contributed by atoms with Gasteiger partial charge in [0.2, 0.25) is 0 Å². The molecule has 2 aromatic rings. The molecule has 1 atom stereocenters. The summed E-state index contributed by atoms with van der Waals surface area (Å²) in [7, 11) is 0. The first-order valence-corrected chi connectivity index (χ1v) is 6.58. The number of ether oxygens (including phenoxy) is 1. The van der Waals surface area contributed by atoms with Crippen molar-refractivity contribution in [2.24, 2.45) is 5.73 Å². The Morgan fingerprint density at radius 1 is 1.25 bits per heavy atom. The first-order valence-electron chi connectivity index (χ1n) is 6.58. The van der Waals surface area contributed by atoms with Crippen molar-refractivity contribution in [1.29, 1.82) is 5.26 Å². The van der Waals surface area contributed by atoms with Crippen molar-refractivity contribution in [3.05, 3.63) is 64.7 Å². The molecule has 0 saturated heterocycles. The molecule has 0 bridgehead atoms. The molecule has 0 unspecified atom stereocenters. The maximum absolute atomic E-state index is 9.07. The molecule has 0 aliphatic rings. The Morgan fingerprint density at radius 2 is 2.00 bits per heavy atom. The van der Waals surface area contributed by atoms with E-state index in [4.69, 9.17) is 15.7 Å². The van der Waals surface area contributed by atoms with Crippen molar-refractivity contribution in [2.45, 2.75) is 26.5 Å². The first-order chi connectivity index (χ1) is 9.61. The lowest BCUT2D eigenvalue weighted by Gasteiger charge is -2.15. The predicted molar refractivity (Wildman–Crippen MR) is 79.3 cm³/mol. The van der Waals surface area contributed by atoms with Gasteiger partial charge in [0.15, 0.2) is 0 Å². The second kappa shape index (κ2) is 6.23. The number of nitriles is 1. The van der Waals surface area contributed by atoms with Gasteiger partial charge in [-0.25, -0.2) is 0 Å². The lowest BCUT2D eigenvalue weighted by atomic mass is 10.0. The van der Waals surface area contributed by atoms with Crippen molar-refractivity contribution in [1.82, 2.24) is 0 Å². The molecule has 0 aromatic heterocycles. The normalized spacial score (nSPS) is 11.7.